The number of aryl methyl sites for hydroxylation is 1. The average Bonchev–Trinajstić information content (AvgIpc) is 3.03. The summed E-state index contributed by atoms with van der Waals surface area (Å²) >= 11 is 0. The van der Waals surface area contributed by atoms with Crippen LogP contribution in [0.4, 0.5) is 0 Å². The summed E-state index contributed by atoms with van der Waals surface area (Å²) < 4.78 is 1.68. The minimum absolute atomic E-state index is 0.00443. The maximum Gasteiger partial charge on any atom is 0.257 e. The molecule has 1 atom stereocenters. The highest BCUT2D eigenvalue weighted by molar-refractivity contribution is 5.95. The lowest BCUT2D eigenvalue weighted by molar-refractivity contribution is -0.127. The zero-order chi connectivity index (χ0) is 18.7. The van der Waals surface area contributed by atoms with E-state index in [0.717, 1.165) is 5.69 Å². The second-order valence-corrected chi connectivity index (χ2v) is 6.81. The molecule has 7 nitrogen and oxygen atoms in total. The molecule has 2 aromatic rings. The zero-order valence-corrected chi connectivity index (χ0v) is 15.1. The Morgan fingerprint density at radius 3 is 2.73 bits per heavy atom. The number of likely N-dealkylation sites (tertiary alicyclic amines) is 1. The Morgan fingerprint density at radius 2 is 2.04 bits per heavy atom. The first kappa shape index (κ1) is 18.1. The van der Waals surface area contributed by atoms with Gasteiger partial charge in [0.05, 0.1) is 35.5 Å². The molecule has 1 saturated heterocycles. The number of hydrogen-bond acceptors (Lipinski definition) is 4. The number of aliphatic hydroxyl groups is 1. The smallest absolute Gasteiger partial charge is 0.257 e. The van der Waals surface area contributed by atoms with E-state index in [2.05, 4.69) is 10.4 Å². The largest absolute Gasteiger partial charge is 0.388 e. The molecule has 1 aromatic heterocycles. The molecule has 1 unspecified atom stereocenters. The molecule has 26 heavy (non-hydrogen) atoms. The van der Waals surface area contributed by atoms with Crippen LogP contribution in [0.5, 0.6) is 0 Å². The Balaban J connectivity index is 1.79. The fraction of sp³-hybridized carbons (Fsp3) is 0.421. The molecule has 0 bridgehead atoms. The number of para-hydroxylation sites is 1. The Hall–Kier alpha value is -2.67. The third kappa shape index (κ3) is 3.77. The van der Waals surface area contributed by atoms with Crippen molar-refractivity contribution in [3.63, 3.8) is 0 Å². The number of piperidine rings is 1. The van der Waals surface area contributed by atoms with Crippen LogP contribution in [0.2, 0.25) is 0 Å². The molecule has 2 N–H and O–H groups in total. The molecule has 0 aliphatic carbocycles. The molecule has 138 valence electrons. The van der Waals surface area contributed by atoms with Crippen LogP contribution in [-0.2, 0) is 4.79 Å². The SMILES string of the molecule is CNC(=O)CC1(O)CCCN(C(=O)c2cn(-c3ccccc3)nc2C)C1. The fourth-order valence-electron chi connectivity index (χ4n) is 3.37. The highest BCUT2D eigenvalue weighted by Crippen LogP contribution is 2.26. The molecule has 1 aliphatic rings. The summed E-state index contributed by atoms with van der Waals surface area (Å²) in [6.45, 7) is 2.51. The number of carbonyl (C=O) groups is 2. The second kappa shape index (κ2) is 7.29. The van der Waals surface area contributed by atoms with Crippen LogP contribution in [0.25, 0.3) is 5.69 Å². The van der Waals surface area contributed by atoms with E-state index >= 15 is 0 Å². The summed E-state index contributed by atoms with van der Waals surface area (Å²) in [5.74, 6) is -0.394. The number of benzene rings is 1. The van der Waals surface area contributed by atoms with Crippen LogP contribution in [-0.4, -0.2) is 57.3 Å². The predicted molar refractivity (Wildman–Crippen MR) is 97.1 cm³/mol. The normalized spacial score (nSPS) is 20.0. The van der Waals surface area contributed by atoms with Crippen molar-refractivity contribution in [3.8, 4) is 5.69 Å². The highest BCUT2D eigenvalue weighted by Gasteiger charge is 2.37. The molecule has 0 radical (unpaired) electrons. The van der Waals surface area contributed by atoms with Gasteiger partial charge in [-0.15, -0.1) is 0 Å². The van der Waals surface area contributed by atoms with E-state index in [1.54, 1.807) is 29.7 Å². The molecule has 1 aliphatic heterocycles. The Morgan fingerprint density at radius 1 is 1.31 bits per heavy atom. The summed E-state index contributed by atoms with van der Waals surface area (Å²) in [5.41, 5.74) is 0.846. The van der Waals surface area contributed by atoms with Gasteiger partial charge in [-0.1, -0.05) is 18.2 Å². The minimum Gasteiger partial charge on any atom is -0.388 e. The van der Waals surface area contributed by atoms with E-state index in [9.17, 15) is 14.7 Å². The van der Waals surface area contributed by atoms with Crippen LogP contribution < -0.4 is 5.32 Å². The number of amides is 2. The van der Waals surface area contributed by atoms with Gasteiger partial charge in [-0.25, -0.2) is 4.68 Å². The van der Waals surface area contributed by atoms with Crippen molar-refractivity contribution in [2.24, 2.45) is 0 Å². The number of β-amino-alcohol motifs (C(OH)–C–C–N with tert-alkyl or cyclic N) is 1. The molecule has 1 aromatic carbocycles. The van der Waals surface area contributed by atoms with Crippen molar-refractivity contribution in [1.29, 1.82) is 0 Å². The Kier molecular flexibility index (Phi) is 5.08. The first-order valence-corrected chi connectivity index (χ1v) is 8.76. The van der Waals surface area contributed by atoms with Crippen LogP contribution in [0.1, 0.15) is 35.3 Å². The third-order valence-electron chi connectivity index (χ3n) is 4.76. The number of aromatic nitrogens is 2. The van der Waals surface area contributed by atoms with E-state index in [1.165, 1.54) is 0 Å². The third-order valence-corrected chi connectivity index (χ3v) is 4.76. The molecule has 2 amide bonds. The van der Waals surface area contributed by atoms with Crippen LogP contribution >= 0.6 is 0 Å². The fourth-order valence-corrected chi connectivity index (χ4v) is 3.37. The van der Waals surface area contributed by atoms with E-state index in [4.69, 9.17) is 0 Å². The average molecular weight is 356 g/mol. The molecule has 2 heterocycles. The number of rotatable bonds is 4. The lowest BCUT2D eigenvalue weighted by Crippen LogP contribution is -2.52. The summed E-state index contributed by atoms with van der Waals surface area (Å²) in [4.78, 5) is 26.2. The highest BCUT2D eigenvalue weighted by atomic mass is 16.3. The second-order valence-electron chi connectivity index (χ2n) is 6.81. The Bertz CT molecular complexity index is 802. The topological polar surface area (TPSA) is 87.5 Å². The van der Waals surface area contributed by atoms with Crippen LogP contribution in [0.3, 0.4) is 0 Å². The number of nitrogens with one attached hydrogen (secondary N) is 1. The quantitative estimate of drug-likeness (QED) is 0.864. The Labute approximate surface area is 152 Å². The van der Waals surface area contributed by atoms with Gasteiger partial charge in [0.15, 0.2) is 0 Å². The molecular formula is C19H24N4O3. The monoisotopic (exact) mass is 356 g/mol. The van der Waals surface area contributed by atoms with Gasteiger partial charge in [0, 0.05) is 19.8 Å². The molecule has 1 fully saturated rings. The number of nitrogens with zero attached hydrogens (tertiary/aromatic N) is 3. The summed E-state index contributed by atoms with van der Waals surface area (Å²) in [6.07, 6.45) is 2.88. The van der Waals surface area contributed by atoms with Gasteiger partial charge in [-0.05, 0) is 31.9 Å². The van der Waals surface area contributed by atoms with Gasteiger partial charge >= 0.3 is 0 Å². The molecule has 0 spiro atoms. The van der Waals surface area contributed by atoms with Crippen molar-refractivity contribution >= 4 is 11.8 Å². The molecular weight excluding hydrogens is 332 g/mol. The molecule has 3 rings (SSSR count). The van der Waals surface area contributed by atoms with Gasteiger partial charge in [-0.3, -0.25) is 9.59 Å². The first-order chi connectivity index (χ1) is 12.4. The summed E-state index contributed by atoms with van der Waals surface area (Å²) in [6, 6.07) is 9.59. The number of hydrogen-bond donors (Lipinski definition) is 2. The molecule has 0 saturated carbocycles. The summed E-state index contributed by atoms with van der Waals surface area (Å²) in [7, 11) is 1.54. The standard InChI is InChI=1S/C19H24N4O3/c1-14-16(12-23(21-14)15-7-4-3-5-8-15)18(25)22-10-6-9-19(26,13-22)11-17(24)20-2/h3-5,7-8,12,26H,6,9-11,13H2,1-2H3,(H,20,24). The van der Waals surface area contributed by atoms with E-state index in [1.807, 2.05) is 30.3 Å². The van der Waals surface area contributed by atoms with Crippen molar-refractivity contribution in [1.82, 2.24) is 20.0 Å². The van der Waals surface area contributed by atoms with Gasteiger partial charge in [0.2, 0.25) is 5.91 Å². The van der Waals surface area contributed by atoms with E-state index in [0.29, 0.717) is 30.6 Å². The van der Waals surface area contributed by atoms with Gasteiger partial charge in [-0.2, -0.15) is 5.10 Å². The van der Waals surface area contributed by atoms with Gasteiger partial charge in [0.1, 0.15) is 0 Å². The van der Waals surface area contributed by atoms with Crippen molar-refractivity contribution < 1.29 is 14.7 Å². The van der Waals surface area contributed by atoms with Crippen LogP contribution in [0, 0.1) is 6.92 Å². The van der Waals surface area contributed by atoms with Crippen LogP contribution in [0.15, 0.2) is 36.5 Å². The van der Waals surface area contributed by atoms with E-state index in [-0.39, 0.29) is 24.8 Å². The maximum absolute atomic E-state index is 13.0. The van der Waals surface area contributed by atoms with Gasteiger partial charge in [0.25, 0.3) is 5.91 Å². The first-order valence-electron chi connectivity index (χ1n) is 8.76. The van der Waals surface area contributed by atoms with Crippen molar-refractivity contribution in [2.45, 2.75) is 31.8 Å². The maximum atomic E-state index is 13.0. The van der Waals surface area contributed by atoms with E-state index < -0.39 is 5.60 Å². The summed E-state index contributed by atoms with van der Waals surface area (Å²) in [5, 5.41) is 17.7. The lowest BCUT2D eigenvalue weighted by Gasteiger charge is -2.38. The van der Waals surface area contributed by atoms with Gasteiger partial charge < -0.3 is 15.3 Å². The predicted octanol–water partition coefficient (Wildman–Crippen LogP) is 1.28. The lowest BCUT2D eigenvalue weighted by atomic mass is 9.89. The number of carbonyl (C=O) groups excluding carboxylic acids is 2. The van der Waals surface area contributed by atoms with Crippen molar-refractivity contribution in [3.05, 3.63) is 47.8 Å². The minimum atomic E-state index is -1.18. The van der Waals surface area contributed by atoms with Crippen molar-refractivity contribution in [2.75, 3.05) is 20.1 Å². The molecule has 7 heteroatoms. The zero-order valence-electron chi connectivity index (χ0n) is 15.1.